The van der Waals surface area contributed by atoms with Crippen LogP contribution in [0.15, 0.2) is 53.9 Å². The van der Waals surface area contributed by atoms with E-state index in [1.807, 2.05) is 31.2 Å². The summed E-state index contributed by atoms with van der Waals surface area (Å²) in [5.74, 6) is 1.69. The third-order valence-electron chi connectivity index (χ3n) is 9.37. The van der Waals surface area contributed by atoms with Crippen molar-refractivity contribution >= 4 is 28.8 Å². The molecule has 3 heterocycles. The molecular formula is C31H33N3O3S. The Morgan fingerprint density at radius 1 is 1.11 bits per heavy atom. The number of carbonyl (C=O) groups excluding carboxylic acids is 2. The average molecular weight is 528 g/mol. The van der Waals surface area contributed by atoms with Crippen molar-refractivity contribution < 1.29 is 14.3 Å². The minimum atomic E-state index is 0.0450. The smallest absolute Gasteiger partial charge is 0.226 e. The number of hydrogen-bond acceptors (Lipinski definition) is 5. The topological polar surface area (TPSA) is 71.5 Å². The summed E-state index contributed by atoms with van der Waals surface area (Å²) in [7, 11) is 0. The van der Waals surface area contributed by atoms with E-state index in [1.165, 1.54) is 11.1 Å². The first kappa shape index (κ1) is 24.0. The Morgan fingerprint density at radius 2 is 1.89 bits per heavy atom. The molecular weight excluding hydrogens is 494 g/mol. The van der Waals surface area contributed by atoms with E-state index in [4.69, 9.17) is 4.74 Å². The van der Waals surface area contributed by atoms with Gasteiger partial charge in [0.25, 0.3) is 0 Å². The molecule has 1 aromatic heterocycles. The van der Waals surface area contributed by atoms with Crippen LogP contribution in [0, 0.1) is 24.7 Å². The molecule has 3 aromatic rings. The molecule has 7 rings (SSSR count). The van der Waals surface area contributed by atoms with Gasteiger partial charge in [-0.2, -0.15) is 0 Å². The number of thiazole rings is 1. The molecule has 2 aliphatic carbocycles. The van der Waals surface area contributed by atoms with E-state index in [1.54, 1.807) is 11.3 Å². The molecule has 38 heavy (non-hydrogen) atoms. The van der Waals surface area contributed by atoms with Gasteiger partial charge in [-0.3, -0.25) is 9.59 Å². The number of piperidine rings is 1. The van der Waals surface area contributed by atoms with Gasteiger partial charge in [0.05, 0.1) is 23.9 Å². The zero-order valence-corrected chi connectivity index (χ0v) is 22.5. The fourth-order valence-corrected chi connectivity index (χ4v) is 7.97. The number of nitrogens with zero attached hydrogens (tertiary/aromatic N) is 2. The third kappa shape index (κ3) is 4.16. The van der Waals surface area contributed by atoms with Crippen LogP contribution in [0.5, 0.6) is 0 Å². The number of rotatable bonds is 5. The van der Waals surface area contributed by atoms with Crippen molar-refractivity contribution in [1.29, 1.82) is 0 Å². The SMILES string of the molecule is Cc1nc(-c2cccc(NC(=O)CC3CC4(CCN(C(=O)C5[C@H]6COC[C@@H]56)CC4)c4ccccc43)c2)cs1. The van der Waals surface area contributed by atoms with Gasteiger partial charge in [-0.05, 0) is 72.6 Å². The Morgan fingerprint density at radius 3 is 2.66 bits per heavy atom. The molecule has 2 saturated heterocycles. The standard InChI is InChI=1S/C31H33N3O3S/c1-19-32-27(18-38-19)20-5-4-6-22(13-20)33-28(35)14-21-15-31(26-8-3-2-7-23(21)26)9-11-34(12-10-31)30(36)29-24-16-37-17-25(24)29/h2-8,13,18,21,24-25,29H,9-12,14-17H2,1H3,(H,33,35)/t21?,24-,25+,29?. The van der Waals surface area contributed by atoms with Crippen molar-refractivity contribution in [1.82, 2.24) is 9.88 Å². The van der Waals surface area contributed by atoms with Gasteiger partial charge in [0.2, 0.25) is 11.8 Å². The number of likely N-dealkylation sites (tertiary alicyclic amines) is 1. The highest BCUT2D eigenvalue weighted by atomic mass is 32.1. The van der Waals surface area contributed by atoms with Crippen LogP contribution in [0.4, 0.5) is 5.69 Å². The molecule has 7 heteroatoms. The van der Waals surface area contributed by atoms with Crippen molar-refractivity contribution in [3.8, 4) is 11.3 Å². The summed E-state index contributed by atoms with van der Waals surface area (Å²) in [5.41, 5.74) is 5.52. The molecule has 4 aliphatic rings. The van der Waals surface area contributed by atoms with Gasteiger partial charge in [-0.15, -0.1) is 11.3 Å². The molecule has 0 radical (unpaired) electrons. The summed E-state index contributed by atoms with van der Waals surface area (Å²) in [6, 6.07) is 16.6. The van der Waals surface area contributed by atoms with Gasteiger partial charge < -0.3 is 15.0 Å². The summed E-state index contributed by atoms with van der Waals surface area (Å²) < 4.78 is 5.49. The van der Waals surface area contributed by atoms with Crippen molar-refractivity contribution in [2.24, 2.45) is 17.8 Å². The molecule has 1 spiro atoms. The molecule has 3 fully saturated rings. The van der Waals surface area contributed by atoms with Gasteiger partial charge in [0, 0.05) is 42.1 Å². The number of amides is 2. The molecule has 2 aliphatic heterocycles. The maximum Gasteiger partial charge on any atom is 0.226 e. The predicted molar refractivity (Wildman–Crippen MR) is 148 cm³/mol. The first-order chi connectivity index (χ1) is 18.5. The molecule has 1 N–H and O–H groups in total. The van der Waals surface area contributed by atoms with E-state index in [0.29, 0.717) is 24.2 Å². The first-order valence-corrected chi connectivity index (χ1v) is 14.7. The molecule has 0 bridgehead atoms. The monoisotopic (exact) mass is 527 g/mol. The Bertz CT molecular complexity index is 1380. The minimum absolute atomic E-state index is 0.0450. The quantitative estimate of drug-likeness (QED) is 0.483. The fraction of sp³-hybridized carbons (Fsp3) is 0.452. The normalized spacial score (nSPS) is 26.7. The van der Waals surface area contributed by atoms with Crippen LogP contribution in [0.25, 0.3) is 11.3 Å². The number of fused-ring (bicyclic) bond motifs is 3. The highest BCUT2D eigenvalue weighted by Crippen LogP contribution is 2.55. The van der Waals surface area contributed by atoms with E-state index >= 15 is 0 Å². The van der Waals surface area contributed by atoms with Crippen molar-refractivity contribution in [3.63, 3.8) is 0 Å². The number of hydrogen-bond donors (Lipinski definition) is 1. The number of anilines is 1. The maximum absolute atomic E-state index is 13.2. The lowest BCUT2D eigenvalue weighted by Crippen LogP contribution is -2.45. The molecule has 2 unspecified atom stereocenters. The van der Waals surface area contributed by atoms with Gasteiger partial charge in [-0.1, -0.05) is 36.4 Å². The fourth-order valence-electron chi connectivity index (χ4n) is 7.34. The van der Waals surface area contributed by atoms with Crippen molar-refractivity contribution in [2.75, 3.05) is 31.6 Å². The number of benzene rings is 2. The second kappa shape index (κ2) is 9.31. The van der Waals surface area contributed by atoms with Crippen LogP contribution in [-0.2, 0) is 19.7 Å². The lowest BCUT2D eigenvalue weighted by molar-refractivity contribution is -0.135. The molecule has 4 atom stereocenters. The highest BCUT2D eigenvalue weighted by molar-refractivity contribution is 7.09. The van der Waals surface area contributed by atoms with E-state index in [0.717, 1.165) is 67.5 Å². The number of carbonyl (C=O) groups is 2. The number of aryl methyl sites for hydroxylation is 1. The van der Waals surface area contributed by atoms with Crippen LogP contribution < -0.4 is 5.32 Å². The highest BCUT2D eigenvalue weighted by Gasteiger charge is 2.59. The summed E-state index contributed by atoms with van der Waals surface area (Å²) >= 11 is 1.63. The largest absolute Gasteiger partial charge is 0.381 e. The number of aromatic nitrogens is 1. The van der Waals surface area contributed by atoms with Crippen LogP contribution in [0.2, 0.25) is 0 Å². The molecule has 1 saturated carbocycles. The third-order valence-corrected chi connectivity index (χ3v) is 10.1. The van der Waals surface area contributed by atoms with E-state index in [2.05, 4.69) is 44.8 Å². The van der Waals surface area contributed by atoms with Gasteiger partial charge >= 0.3 is 0 Å². The second-order valence-corrected chi connectivity index (χ2v) is 12.6. The van der Waals surface area contributed by atoms with Gasteiger partial charge in [-0.25, -0.2) is 4.98 Å². The second-order valence-electron chi connectivity index (χ2n) is 11.6. The number of nitrogens with one attached hydrogen (secondary N) is 1. The van der Waals surface area contributed by atoms with Crippen molar-refractivity contribution in [3.05, 3.63) is 70.0 Å². The Hall–Kier alpha value is -3.03. The van der Waals surface area contributed by atoms with Gasteiger partial charge in [0.15, 0.2) is 0 Å². The lowest BCUT2D eigenvalue weighted by atomic mass is 9.73. The molecule has 2 amide bonds. The number of ether oxygens (including phenoxy) is 1. The maximum atomic E-state index is 13.2. The molecule has 6 nitrogen and oxygen atoms in total. The summed E-state index contributed by atoms with van der Waals surface area (Å²) in [6.07, 6.45) is 3.39. The lowest BCUT2D eigenvalue weighted by Gasteiger charge is -2.40. The van der Waals surface area contributed by atoms with Crippen LogP contribution in [0.1, 0.15) is 47.7 Å². The summed E-state index contributed by atoms with van der Waals surface area (Å²) in [4.78, 5) is 33.1. The predicted octanol–water partition coefficient (Wildman–Crippen LogP) is 5.39. The molecule has 2 aromatic carbocycles. The Kier molecular flexibility index (Phi) is 5.89. The minimum Gasteiger partial charge on any atom is -0.381 e. The summed E-state index contributed by atoms with van der Waals surface area (Å²) in [5, 5.41) is 6.22. The van der Waals surface area contributed by atoms with E-state index in [9.17, 15) is 9.59 Å². The van der Waals surface area contributed by atoms with Gasteiger partial charge in [0.1, 0.15) is 0 Å². The van der Waals surface area contributed by atoms with Crippen molar-refractivity contribution in [2.45, 2.75) is 43.9 Å². The average Bonchev–Trinajstić information content (AvgIpc) is 3.27. The molecule has 196 valence electrons. The zero-order chi connectivity index (χ0) is 25.9. The van der Waals surface area contributed by atoms with Crippen LogP contribution >= 0.6 is 11.3 Å². The van der Waals surface area contributed by atoms with E-state index in [-0.39, 0.29) is 23.2 Å². The summed E-state index contributed by atoms with van der Waals surface area (Å²) in [6.45, 7) is 5.13. The van der Waals surface area contributed by atoms with Crippen LogP contribution in [-0.4, -0.2) is 48.0 Å². The van der Waals surface area contributed by atoms with E-state index < -0.39 is 0 Å². The zero-order valence-electron chi connectivity index (χ0n) is 21.7. The Balaban J connectivity index is 1.02. The Labute approximate surface area is 227 Å². The van der Waals surface area contributed by atoms with Crippen LogP contribution in [0.3, 0.4) is 0 Å². The first-order valence-electron chi connectivity index (χ1n) is 13.8.